The lowest BCUT2D eigenvalue weighted by Crippen LogP contribution is -2.03. The highest BCUT2D eigenvalue weighted by Gasteiger charge is 2.23. The maximum Gasteiger partial charge on any atom is 0.338 e. The first-order chi connectivity index (χ1) is 8.69. The van der Waals surface area contributed by atoms with Crippen molar-refractivity contribution < 1.29 is 14.6 Å². The number of carbonyl (C=O) groups excluding carboxylic acids is 1. The van der Waals surface area contributed by atoms with E-state index in [9.17, 15) is 9.90 Å². The third kappa shape index (κ3) is 1.87. The highest BCUT2D eigenvalue weighted by Crippen LogP contribution is 2.38. The number of nitrogens with zero attached hydrogens (tertiary/aromatic N) is 1. The molecule has 0 amide bonds. The fourth-order valence-electron chi connectivity index (χ4n) is 1.87. The van der Waals surface area contributed by atoms with Crippen LogP contribution in [0.5, 0.6) is 5.75 Å². The maximum atomic E-state index is 11.8. The number of hydrogen-bond acceptors (Lipinski definition) is 4. The van der Waals surface area contributed by atoms with Crippen LogP contribution in [0.4, 0.5) is 0 Å². The molecule has 0 aromatic heterocycles. The molecule has 0 fully saturated rings. The largest absolute Gasteiger partial charge is 0.507 e. The first-order valence-electron chi connectivity index (χ1n) is 5.51. The minimum Gasteiger partial charge on any atom is -0.507 e. The van der Waals surface area contributed by atoms with Crippen LogP contribution in [0.2, 0.25) is 0 Å². The zero-order valence-electron chi connectivity index (χ0n) is 9.80. The van der Waals surface area contributed by atoms with Crippen LogP contribution < -0.4 is 0 Å². The predicted octanol–water partition coefficient (Wildman–Crippen LogP) is 2.55. The van der Waals surface area contributed by atoms with Gasteiger partial charge in [0.1, 0.15) is 5.75 Å². The summed E-state index contributed by atoms with van der Waals surface area (Å²) in [7, 11) is 0. The van der Waals surface area contributed by atoms with E-state index in [1.54, 1.807) is 25.1 Å². The van der Waals surface area contributed by atoms with E-state index in [4.69, 9.17) is 10.00 Å². The average molecular weight is 241 g/mol. The summed E-state index contributed by atoms with van der Waals surface area (Å²) in [4.78, 5) is 11.8. The Balaban J connectivity index is 2.68. The molecule has 0 spiro atoms. The molecule has 2 rings (SSSR count). The van der Waals surface area contributed by atoms with E-state index >= 15 is 0 Å². The second-order valence-corrected chi connectivity index (χ2v) is 3.70. The van der Waals surface area contributed by atoms with Gasteiger partial charge in [-0.2, -0.15) is 5.26 Å². The van der Waals surface area contributed by atoms with Crippen molar-refractivity contribution in [2.75, 3.05) is 6.61 Å². The number of carbonyl (C=O) groups is 1. The Hall–Kier alpha value is -2.54. The van der Waals surface area contributed by atoms with Gasteiger partial charge in [0.15, 0.2) is 0 Å². The topological polar surface area (TPSA) is 70.3 Å². The molecule has 2 aliphatic rings. The quantitative estimate of drug-likeness (QED) is 0.820. The highest BCUT2D eigenvalue weighted by atomic mass is 16.5. The van der Waals surface area contributed by atoms with Gasteiger partial charge in [-0.25, -0.2) is 4.79 Å². The smallest absolute Gasteiger partial charge is 0.338 e. The van der Waals surface area contributed by atoms with Crippen LogP contribution in [0, 0.1) is 11.3 Å². The van der Waals surface area contributed by atoms with Crippen molar-refractivity contribution in [2.24, 2.45) is 0 Å². The van der Waals surface area contributed by atoms with E-state index in [0.717, 1.165) is 0 Å². The fourth-order valence-corrected chi connectivity index (χ4v) is 1.87. The number of nitriles is 1. The molecule has 4 heteroatoms. The van der Waals surface area contributed by atoms with Crippen LogP contribution in [0.15, 0.2) is 30.3 Å². The van der Waals surface area contributed by atoms with Crippen molar-refractivity contribution in [3.63, 3.8) is 0 Å². The highest BCUT2D eigenvalue weighted by molar-refractivity contribution is 6.01. The first kappa shape index (κ1) is 11.9. The first-order valence-corrected chi connectivity index (χ1v) is 5.51. The van der Waals surface area contributed by atoms with Crippen LogP contribution in [-0.4, -0.2) is 17.7 Å². The van der Waals surface area contributed by atoms with E-state index in [2.05, 4.69) is 0 Å². The van der Waals surface area contributed by atoms with Gasteiger partial charge < -0.3 is 9.84 Å². The van der Waals surface area contributed by atoms with E-state index in [0.29, 0.717) is 16.7 Å². The summed E-state index contributed by atoms with van der Waals surface area (Å²) < 4.78 is 4.93. The Bertz CT molecular complexity index is 613. The molecular weight excluding hydrogens is 230 g/mol. The predicted molar refractivity (Wildman–Crippen MR) is 65.4 cm³/mol. The summed E-state index contributed by atoms with van der Waals surface area (Å²) in [5, 5.41) is 18.9. The summed E-state index contributed by atoms with van der Waals surface area (Å²) in [6.07, 6.45) is 0. The molecule has 0 aromatic carbocycles. The standard InChI is InChI=1S/C14H11NO3/c1-2-18-14(17)11-7-9(8-15)13-10(11)5-3-4-6-12(13)16/h3-7,16H,2H2,1H3. The van der Waals surface area contributed by atoms with Gasteiger partial charge in [0.05, 0.1) is 23.8 Å². The minimum atomic E-state index is -0.491. The molecule has 2 aliphatic carbocycles. The van der Waals surface area contributed by atoms with Crippen LogP contribution in [0.25, 0.3) is 11.1 Å². The van der Waals surface area contributed by atoms with Gasteiger partial charge in [-0.3, -0.25) is 0 Å². The molecule has 0 saturated carbocycles. The van der Waals surface area contributed by atoms with E-state index in [1.165, 1.54) is 12.1 Å². The molecule has 0 unspecified atom stereocenters. The van der Waals surface area contributed by atoms with Gasteiger partial charge in [-0.05, 0) is 19.1 Å². The SMILES string of the molecule is CCOC(=O)c1cc(C#N)c2c(O)ccccc1-2. The number of aromatic hydroxyl groups is 1. The van der Waals surface area contributed by atoms with Crippen molar-refractivity contribution in [2.45, 2.75) is 6.92 Å². The normalized spacial score (nSPS) is 10.0. The molecule has 0 radical (unpaired) electrons. The van der Waals surface area contributed by atoms with E-state index in [1.807, 2.05) is 6.07 Å². The lowest BCUT2D eigenvalue weighted by molar-refractivity contribution is 0.0528. The van der Waals surface area contributed by atoms with Crippen LogP contribution in [-0.2, 0) is 4.74 Å². The van der Waals surface area contributed by atoms with Crippen LogP contribution in [0.3, 0.4) is 0 Å². The fraction of sp³-hybridized carbons (Fsp3) is 0.143. The van der Waals surface area contributed by atoms with Crippen molar-refractivity contribution in [3.05, 3.63) is 41.5 Å². The number of hydrogen-bond donors (Lipinski definition) is 1. The van der Waals surface area contributed by atoms with Gasteiger partial charge >= 0.3 is 5.97 Å². The lowest BCUT2D eigenvalue weighted by Gasteiger charge is -2.02. The third-order valence-corrected chi connectivity index (χ3v) is 2.62. The molecule has 0 aromatic rings. The second-order valence-electron chi connectivity index (χ2n) is 3.70. The monoisotopic (exact) mass is 241 g/mol. The molecule has 0 bridgehead atoms. The number of esters is 1. The van der Waals surface area contributed by atoms with Gasteiger partial charge in [-0.1, -0.05) is 18.2 Å². The molecular formula is C14H11NO3. The van der Waals surface area contributed by atoms with Gasteiger partial charge in [-0.15, -0.1) is 0 Å². The molecule has 4 nitrogen and oxygen atoms in total. The van der Waals surface area contributed by atoms with Crippen molar-refractivity contribution >= 4 is 5.97 Å². The van der Waals surface area contributed by atoms with Gasteiger partial charge in [0, 0.05) is 11.1 Å². The van der Waals surface area contributed by atoms with E-state index in [-0.39, 0.29) is 17.9 Å². The minimum absolute atomic E-state index is 0.0258. The molecule has 0 heterocycles. The molecule has 90 valence electrons. The molecule has 0 atom stereocenters. The number of fused-ring (bicyclic) bond motifs is 1. The van der Waals surface area contributed by atoms with Gasteiger partial charge in [0.25, 0.3) is 0 Å². The Morgan fingerprint density at radius 2 is 2.17 bits per heavy atom. The maximum absolute atomic E-state index is 11.8. The summed E-state index contributed by atoms with van der Waals surface area (Å²) in [5.41, 5.74) is 1.47. The Morgan fingerprint density at radius 1 is 1.44 bits per heavy atom. The summed E-state index contributed by atoms with van der Waals surface area (Å²) in [5.74, 6) is -0.517. The summed E-state index contributed by atoms with van der Waals surface area (Å²) in [6, 6.07) is 9.93. The number of ether oxygens (including phenoxy) is 1. The Kier molecular flexibility index (Phi) is 3.16. The molecule has 1 N–H and O–H groups in total. The van der Waals surface area contributed by atoms with Crippen molar-refractivity contribution in [1.29, 1.82) is 5.26 Å². The third-order valence-electron chi connectivity index (χ3n) is 2.62. The summed E-state index contributed by atoms with van der Waals surface area (Å²) >= 11 is 0. The zero-order chi connectivity index (χ0) is 13.1. The molecule has 18 heavy (non-hydrogen) atoms. The second kappa shape index (κ2) is 4.76. The average Bonchev–Trinajstić information content (AvgIpc) is 2.63. The zero-order valence-corrected chi connectivity index (χ0v) is 9.80. The Labute approximate surface area is 104 Å². The Morgan fingerprint density at radius 3 is 2.83 bits per heavy atom. The molecule has 0 saturated heterocycles. The van der Waals surface area contributed by atoms with Crippen molar-refractivity contribution in [3.8, 4) is 22.9 Å². The van der Waals surface area contributed by atoms with E-state index < -0.39 is 5.97 Å². The van der Waals surface area contributed by atoms with Gasteiger partial charge in [0.2, 0.25) is 0 Å². The van der Waals surface area contributed by atoms with Crippen LogP contribution >= 0.6 is 0 Å². The molecule has 0 aliphatic heterocycles. The van der Waals surface area contributed by atoms with Crippen LogP contribution in [0.1, 0.15) is 22.8 Å². The lowest BCUT2D eigenvalue weighted by atomic mass is 10.1. The summed E-state index contributed by atoms with van der Waals surface area (Å²) in [6.45, 7) is 1.98. The van der Waals surface area contributed by atoms with Crippen molar-refractivity contribution in [1.82, 2.24) is 0 Å². The number of rotatable bonds is 2.